The van der Waals surface area contributed by atoms with Crippen LogP contribution in [0.4, 0.5) is 4.39 Å². The largest absolute Gasteiger partial charge is 0.315 e. The van der Waals surface area contributed by atoms with Gasteiger partial charge in [-0.15, -0.1) is 12.4 Å². The maximum absolute atomic E-state index is 13.5. The summed E-state index contributed by atoms with van der Waals surface area (Å²) in [6.07, 6.45) is 1.64. The maximum atomic E-state index is 13.5. The molecule has 2 N–H and O–H groups in total. The second kappa shape index (κ2) is 6.85. The minimum Gasteiger partial charge on any atom is -0.315 e. The molecule has 1 aromatic rings. The Hall–Kier alpha value is -0.400. The van der Waals surface area contributed by atoms with E-state index in [2.05, 4.69) is 10.0 Å². The predicted octanol–water partition coefficient (Wildman–Crippen LogP) is 1.93. The van der Waals surface area contributed by atoms with Gasteiger partial charge in [0.05, 0.1) is 0 Å². The fourth-order valence-corrected chi connectivity index (χ4v) is 3.53. The molecule has 1 saturated heterocycles. The lowest BCUT2D eigenvalue weighted by atomic mass is 10.1. The lowest BCUT2D eigenvalue weighted by Gasteiger charge is -2.23. The van der Waals surface area contributed by atoms with E-state index in [9.17, 15) is 12.8 Å². The summed E-state index contributed by atoms with van der Waals surface area (Å²) in [6, 6.07) is 3.28. The summed E-state index contributed by atoms with van der Waals surface area (Å²) >= 11 is 5.69. The summed E-state index contributed by atoms with van der Waals surface area (Å²) in [7, 11) is -3.86. The van der Waals surface area contributed by atoms with Gasteiger partial charge in [0.2, 0.25) is 10.0 Å². The molecule has 0 amide bonds. The van der Waals surface area contributed by atoms with E-state index in [1.54, 1.807) is 0 Å². The minimum atomic E-state index is -3.86. The zero-order valence-electron chi connectivity index (χ0n) is 10.0. The first-order chi connectivity index (χ1) is 8.49. The first kappa shape index (κ1) is 16.7. The van der Waals surface area contributed by atoms with Gasteiger partial charge in [0.25, 0.3) is 0 Å². The molecule has 1 aliphatic rings. The number of sulfonamides is 1. The van der Waals surface area contributed by atoms with Crippen LogP contribution in [0.15, 0.2) is 23.1 Å². The number of halogens is 3. The van der Waals surface area contributed by atoms with E-state index < -0.39 is 20.7 Å². The average molecular weight is 329 g/mol. The second-order valence-corrected chi connectivity index (χ2v) is 6.36. The van der Waals surface area contributed by atoms with Crippen LogP contribution < -0.4 is 10.0 Å². The fraction of sp³-hybridized carbons (Fsp3) is 0.455. The van der Waals surface area contributed by atoms with Crippen molar-refractivity contribution >= 4 is 34.0 Å². The molecule has 0 radical (unpaired) electrons. The lowest BCUT2D eigenvalue weighted by molar-refractivity contribution is 0.427. The number of benzene rings is 1. The first-order valence-corrected chi connectivity index (χ1v) is 7.53. The fourth-order valence-electron chi connectivity index (χ4n) is 1.92. The van der Waals surface area contributed by atoms with Gasteiger partial charge in [-0.05, 0) is 37.6 Å². The maximum Gasteiger partial charge on any atom is 0.243 e. The van der Waals surface area contributed by atoms with Crippen molar-refractivity contribution in [2.75, 3.05) is 13.1 Å². The van der Waals surface area contributed by atoms with Gasteiger partial charge in [0.1, 0.15) is 10.7 Å². The Kier molecular flexibility index (Phi) is 6.01. The molecule has 1 heterocycles. The van der Waals surface area contributed by atoms with Crippen LogP contribution in [0.3, 0.4) is 0 Å². The molecule has 4 nitrogen and oxygen atoms in total. The average Bonchev–Trinajstić information content (AvgIpc) is 2.33. The molecule has 8 heteroatoms. The van der Waals surface area contributed by atoms with E-state index in [-0.39, 0.29) is 23.5 Å². The van der Waals surface area contributed by atoms with E-state index in [0.717, 1.165) is 31.5 Å². The van der Waals surface area contributed by atoms with Crippen molar-refractivity contribution < 1.29 is 12.8 Å². The number of nitrogens with one attached hydrogen (secondary N) is 2. The van der Waals surface area contributed by atoms with Crippen molar-refractivity contribution in [2.24, 2.45) is 0 Å². The van der Waals surface area contributed by atoms with Crippen LogP contribution >= 0.6 is 24.0 Å². The van der Waals surface area contributed by atoms with Gasteiger partial charge < -0.3 is 5.32 Å². The number of rotatable bonds is 3. The molecule has 108 valence electrons. The quantitative estimate of drug-likeness (QED) is 0.891. The third-order valence-electron chi connectivity index (χ3n) is 2.80. The van der Waals surface area contributed by atoms with Gasteiger partial charge in [-0.3, -0.25) is 0 Å². The van der Waals surface area contributed by atoms with Crippen LogP contribution in [0.2, 0.25) is 5.02 Å². The van der Waals surface area contributed by atoms with Crippen molar-refractivity contribution in [3.05, 3.63) is 29.0 Å². The second-order valence-electron chi connectivity index (χ2n) is 4.24. The smallest absolute Gasteiger partial charge is 0.243 e. The topological polar surface area (TPSA) is 58.2 Å². The summed E-state index contributed by atoms with van der Waals surface area (Å²) < 4.78 is 40.1. The van der Waals surface area contributed by atoms with Crippen LogP contribution in [-0.2, 0) is 10.0 Å². The summed E-state index contributed by atoms with van der Waals surface area (Å²) in [5, 5.41) is 3.28. The highest BCUT2D eigenvalue weighted by molar-refractivity contribution is 7.89. The minimum absolute atomic E-state index is 0. The van der Waals surface area contributed by atoms with Crippen molar-refractivity contribution in [3.63, 3.8) is 0 Å². The Morgan fingerprint density at radius 2 is 2.16 bits per heavy atom. The zero-order chi connectivity index (χ0) is 13.2. The summed E-state index contributed by atoms with van der Waals surface area (Å²) in [6.45, 7) is 1.44. The molecule has 1 aliphatic heterocycles. The Morgan fingerprint density at radius 1 is 1.42 bits per heavy atom. The van der Waals surface area contributed by atoms with Crippen LogP contribution in [0, 0.1) is 5.82 Å². The highest BCUT2D eigenvalue weighted by Gasteiger charge is 2.24. The van der Waals surface area contributed by atoms with Gasteiger partial charge in [0, 0.05) is 17.6 Å². The van der Waals surface area contributed by atoms with Gasteiger partial charge in [-0.2, -0.15) is 0 Å². The van der Waals surface area contributed by atoms with E-state index in [4.69, 9.17) is 11.6 Å². The van der Waals surface area contributed by atoms with E-state index >= 15 is 0 Å². The molecule has 2 rings (SSSR count). The molecule has 0 unspecified atom stereocenters. The van der Waals surface area contributed by atoms with Crippen molar-refractivity contribution in [3.8, 4) is 0 Å². The normalized spacial score (nSPS) is 19.8. The van der Waals surface area contributed by atoms with Crippen molar-refractivity contribution in [1.29, 1.82) is 0 Å². The highest BCUT2D eigenvalue weighted by atomic mass is 35.5. The Morgan fingerprint density at radius 3 is 2.79 bits per heavy atom. The molecule has 1 fully saturated rings. The Balaban J connectivity index is 0.00000180. The van der Waals surface area contributed by atoms with Gasteiger partial charge in [-0.25, -0.2) is 17.5 Å². The van der Waals surface area contributed by atoms with Crippen molar-refractivity contribution in [1.82, 2.24) is 10.0 Å². The molecule has 0 aromatic heterocycles. The Labute approximate surface area is 123 Å². The predicted molar refractivity (Wildman–Crippen MR) is 74.9 cm³/mol. The molecule has 0 bridgehead atoms. The van der Waals surface area contributed by atoms with E-state index in [1.165, 1.54) is 6.07 Å². The first-order valence-electron chi connectivity index (χ1n) is 5.67. The lowest BCUT2D eigenvalue weighted by Crippen LogP contribution is -2.45. The molecule has 19 heavy (non-hydrogen) atoms. The highest BCUT2D eigenvalue weighted by Crippen LogP contribution is 2.20. The summed E-state index contributed by atoms with van der Waals surface area (Å²) in [5.41, 5.74) is 0. The summed E-state index contributed by atoms with van der Waals surface area (Å²) in [4.78, 5) is -0.402. The van der Waals surface area contributed by atoms with E-state index in [0.29, 0.717) is 6.54 Å². The SMILES string of the molecule is Cl.O=S(=O)(N[C@H]1CCCNC1)c1cc(Cl)ccc1F. The number of hydrogen-bond acceptors (Lipinski definition) is 3. The van der Waals surface area contributed by atoms with E-state index in [1.807, 2.05) is 0 Å². The third kappa shape index (κ3) is 4.29. The van der Waals surface area contributed by atoms with Gasteiger partial charge >= 0.3 is 0 Å². The molecule has 0 spiro atoms. The number of hydrogen-bond donors (Lipinski definition) is 2. The molecular weight excluding hydrogens is 314 g/mol. The van der Waals surface area contributed by atoms with Crippen molar-refractivity contribution in [2.45, 2.75) is 23.8 Å². The standard InChI is InChI=1S/C11H14ClFN2O2S.ClH/c12-8-3-4-10(13)11(6-8)18(16,17)15-9-2-1-5-14-7-9;/h3-4,6,9,14-15H,1-2,5,7H2;1H/t9-;/m0./s1. The van der Waals surface area contributed by atoms with Gasteiger partial charge in [0.15, 0.2) is 0 Å². The van der Waals surface area contributed by atoms with Crippen LogP contribution in [0.25, 0.3) is 0 Å². The van der Waals surface area contributed by atoms with Crippen LogP contribution in [0.1, 0.15) is 12.8 Å². The molecule has 0 saturated carbocycles. The third-order valence-corrected chi connectivity index (χ3v) is 4.57. The molecule has 1 aromatic carbocycles. The molecule has 1 atom stereocenters. The monoisotopic (exact) mass is 328 g/mol. The van der Waals surface area contributed by atoms with Gasteiger partial charge in [-0.1, -0.05) is 11.6 Å². The summed E-state index contributed by atoms with van der Waals surface area (Å²) in [5.74, 6) is -0.796. The van der Waals surface area contributed by atoms with Crippen LogP contribution in [-0.4, -0.2) is 27.5 Å². The zero-order valence-corrected chi connectivity index (χ0v) is 12.4. The number of piperidine rings is 1. The van der Waals surface area contributed by atoms with Crippen LogP contribution in [0.5, 0.6) is 0 Å². The molecular formula is C11H15Cl2FN2O2S. The Bertz CT molecular complexity index is 533. The molecule has 0 aliphatic carbocycles.